The molecular weight excluding hydrogens is 646 g/mol. The van der Waals surface area contributed by atoms with Crippen molar-refractivity contribution in [1.82, 2.24) is 5.32 Å². The van der Waals surface area contributed by atoms with E-state index in [9.17, 15) is 40.4 Å². The third-order valence-electron chi connectivity index (χ3n) is 12.8. The zero-order valence-electron chi connectivity index (χ0n) is 29.0. The van der Waals surface area contributed by atoms with Crippen molar-refractivity contribution in [2.45, 2.75) is 102 Å². The maximum Gasteiger partial charge on any atom is 0.408 e. The highest BCUT2D eigenvalue weighted by atomic mass is 17.1. The number of ether oxygens (including phenoxy) is 2. The summed E-state index contributed by atoms with van der Waals surface area (Å²) in [6.07, 6.45) is -7.94. The van der Waals surface area contributed by atoms with Gasteiger partial charge in [0.2, 0.25) is 0 Å². The molecule has 4 aliphatic rings. The number of Topliss-reactive ketones (excluding diaryl/α,β-unsaturated/α-hetero) is 1. The van der Waals surface area contributed by atoms with Gasteiger partial charge in [-0.15, -0.1) is 0 Å². The number of nitrogens with one attached hydrogen (secondary N) is 1. The van der Waals surface area contributed by atoms with E-state index in [-0.39, 0.29) is 31.6 Å². The Bertz CT molecular complexity index is 1620. The van der Waals surface area contributed by atoms with Crippen molar-refractivity contribution in [2.24, 2.45) is 28.6 Å². The van der Waals surface area contributed by atoms with Crippen LogP contribution in [-0.4, -0.2) is 91.0 Å². The number of carbonyl (C=O) groups excluding carboxylic acids is 2. The predicted molar refractivity (Wildman–Crippen MR) is 179 cm³/mol. The first-order valence-corrected chi connectivity index (χ1v) is 17.2. The highest BCUT2D eigenvalue weighted by Gasteiger charge is 2.74. The average Bonchev–Trinajstić information content (AvgIpc) is 3.09. The summed E-state index contributed by atoms with van der Waals surface area (Å²) >= 11 is 0. The number of ketones is 1. The van der Waals surface area contributed by atoms with E-state index < -0.39 is 88.2 Å². The minimum atomic E-state index is -1.80. The monoisotopic (exact) mass is 695 g/mol. The molecular formula is C38H49NO11. The van der Waals surface area contributed by atoms with Gasteiger partial charge in [-0.1, -0.05) is 87.0 Å². The van der Waals surface area contributed by atoms with Crippen LogP contribution in [0.5, 0.6) is 0 Å². The second kappa shape index (κ2) is 13.1. The van der Waals surface area contributed by atoms with Crippen molar-refractivity contribution < 1.29 is 54.7 Å². The summed E-state index contributed by atoms with van der Waals surface area (Å²) < 4.78 is 11.1. The minimum absolute atomic E-state index is 0.00850. The van der Waals surface area contributed by atoms with Gasteiger partial charge in [0.05, 0.1) is 35.9 Å². The van der Waals surface area contributed by atoms with Gasteiger partial charge in [-0.2, -0.15) is 0 Å². The molecule has 6 rings (SSSR count). The number of amides is 1. The van der Waals surface area contributed by atoms with Crippen LogP contribution in [0.15, 0.2) is 71.8 Å². The fourth-order valence-electron chi connectivity index (χ4n) is 9.91. The van der Waals surface area contributed by atoms with Crippen molar-refractivity contribution in [3.05, 3.63) is 82.9 Å². The van der Waals surface area contributed by atoms with E-state index >= 15 is 0 Å². The number of aliphatic hydroxyl groups excluding tert-OH is 3. The third-order valence-corrected chi connectivity index (χ3v) is 12.8. The van der Waals surface area contributed by atoms with Gasteiger partial charge in [-0.25, -0.2) is 9.68 Å². The molecule has 12 atom stereocenters. The van der Waals surface area contributed by atoms with Crippen LogP contribution in [0.25, 0.3) is 0 Å². The van der Waals surface area contributed by atoms with Crippen LogP contribution in [0.1, 0.15) is 64.6 Å². The molecule has 3 fully saturated rings. The van der Waals surface area contributed by atoms with Gasteiger partial charge >= 0.3 is 6.09 Å². The van der Waals surface area contributed by atoms with Crippen LogP contribution in [0, 0.1) is 28.6 Å². The summed E-state index contributed by atoms with van der Waals surface area (Å²) in [5.74, 6) is -3.59. The fraction of sp³-hybridized carbons (Fsp3) is 0.579. The van der Waals surface area contributed by atoms with Crippen molar-refractivity contribution in [2.75, 3.05) is 6.61 Å². The van der Waals surface area contributed by atoms with Crippen LogP contribution in [0.4, 0.5) is 4.79 Å². The molecule has 1 heterocycles. The molecule has 272 valence electrons. The number of hydrogen-bond acceptors (Lipinski definition) is 11. The van der Waals surface area contributed by atoms with E-state index in [1.807, 2.05) is 18.2 Å². The standard InChI is InChI=1S/C38H49NO11/c1-20-24(31(50-47)30(42)28(23-14-10-7-11-15-23)39-34(44)48-18-22-12-8-6-9-13-22)17-38(46)21(2)32-36(5,25(40)16-26-37(32,45)19-49-26)33(43)29(41)27(20)35(38,3)4/h6-15,21,24-26,28-32,40-42,45-47H,16-19H2,1-5H3,(H,39,44)/t21?,24?,25?,26?,28?,29?,30?,31-,32?,36-,37+,38?/m1/s1. The molecule has 2 saturated carbocycles. The SMILES string of the molecule is CC1=C2C(O)C(=O)[C@]3(C)C(O)CC4OC[C@@]4(O)C3C(C)C(O)(CC1[C@@H](OO)C(O)C(NC(=O)OCc1ccccc1)c1ccccc1)C2(C)C. The highest BCUT2D eigenvalue weighted by molar-refractivity contribution is 5.93. The Labute approximate surface area is 291 Å². The van der Waals surface area contributed by atoms with E-state index in [0.717, 1.165) is 5.56 Å². The number of alkyl carbamates (subject to hydrolysis) is 1. The van der Waals surface area contributed by atoms with E-state index in [1.54, 1.807) is 70.2 Å². The van der Waals surface area contributed by atoms with Gasteiger partial charge in [0.1, 0.15) is 30.5 Å². The van der Waals surface area contributed by atoms with Crippen molar-refractivity contribution in [3.63, 3.8) is 0 Å². The lowest BCUT2D eigenvalue weighted by molar-refractivity contribution is -0.339. The lowest BCUT2D eigenvalue weighted by Crippen LogP contribution is -2.78. The van der Waals surface area contributed by atoms with Crippen LogP contribution in [0.2, 0.25) is 0 Å². The van der Waals surface area contributed by atoms with Gasteiger partial charge in [0.25, 0.3) is 0 Å². The zero-order chi connectivity index (χ0) is 36.4. The van der Waals surface area contributed by atoms with Crippen LogP contribution in [-0.2, 0) is 25.8 Å². The van der Waals surface area contributed by atoms with Crippen LogP contribution in [0.3, 0.4) is 0 Å². The van der Waals surface area contributed by atoms with Gasteiger partial charge in [0.15, 0.2) is 5.78 Å². The Hall–Kier alpha value is -3.20. The smallest absolute Gasteiger partial charge is 0.408 e. The number of fused-ring (bicyclic) bond motifs is 5. The molecule has 0 aromatic heterocycles. The number of rotatable bonds is 8. The normalized spacial score (nSPS) is 37.9. The highest BCUT2D eigenvalue weighted by Crippen LogP contribution is 2.65. The lowest BCUT2D eigenvalue weighted by atomic mass is 9.42. The lowest BCUT2D eigenvalue weighted by Gasteiger charge is -2.67. The number of hydrogen-bond donors (Lipinski definition) is 7. The maximum absolute atomic E-state index is 14.5. The number of benzene rings is 2. The fourth-order valence-corrected chi connectivity index (χ4v) is 9.91. The molecule has 1 amide bonds. The first kappa shape index (κ1) is 36.6. The predicted octanol–water partition coefficient (Wildman–Crippen LogP) is 3.06. The Kier molecular flexibility index (Phi) is 9.58. The molecule has 1 saturated heterocycles. The quantitative estimate of drug-likeness (QED) is 0.122. The summed E-state index contributed by atoms with van der Waals surface area (Å²) in [6, 6.07) is 16.5. The molecule has 3 aliphatic carbocycles. The molecule has 9 unspecified atom stereocenters. The van der Waals surface area contributed by atoms with Crippen molar-refractivity contribution in [1.29, 1.82) is 0 Å². The van der Waals surface area contributed by atoms with Crippen molar-refractivity contribution in [3.8, 4) is 0 Å². The topological polar surface area (TPSA) is 195 Å². The molecule has 0 spiro atoms. The Morgan fingerprint density at radius 3 is 2.24 bits per heavy atom. The number of aliphatic hydroxyl groups is 5. The van der Waals surface area contributed by atoms with Crippen molar-refractivity contribution >= 4 is 11.9 Å². The van der Waals surface area contributed by atoms with E-state index in [1.165, 1.54) is 6.92 Å². The minimum Gasteiger partial charge on any atom is -0.445 e. The second-order valence-electron chi connectivity index (χ2n) is 15.5. The number of carbonyl (C=O) groups is 2. The summed E-state index contributed by atoms with van der Waals surface area (Å²) in [4.78, 5) is 32.6. The molecule has 0 radical (unpaired) electrons. The van der Waals surface area contributed by atoms with Gasteiger partial charge in [-0.3, -0.25) is 10.1 Å². The molecule has 12 nitrogen and oxygen atoms in total. The van der Waals surface area contributed by atoms with Crippen LogP contribution >= 0.6 is 0 Å². The van der Waals surface area contributed by atoms with E-state index in [2.05, 4.69) is 5.32 Å². The third kappa shape index (κ3) is 5.43. The molecule has 50 heavy (non-hydrogen) atoms. The first-order chi connectivity index (χ1) is 23.5. The average molecular weight is 696 g/mol. The molecule has 2 bridgehead atoms. The van der Waals surface area contributed by atoms with Gasteiger partial charge < -0.3 is 40.3 Å². The largest absolute Gasteiger partial charge is 0.445 e. The second-order valence-corrected chi connectivity index (χ2v) is 15.5. The Morgan fingerprint density at radius 2 is 1.66 bits per heavy atom. The van der Waals surface area contributed by atoms with Crippen LogP contribution < -0.4 is 5.32 Å². The molecule has 1 aliphatic heterocycles. The molecule has 2 aromatic carbocycles. The maximum atomic E-state index is 14.5. The molecule has 12 heteroatoms. The van der Waals surface area contributed by atoms with E-state index in [4.69, 9.17) is 14.4 Å². The van der Waals surface area contributed by atoms with E-state index in [0.29, 0.717) is 11.1 Å². The Morgan fingerprint density at radius 1 is 1.04 bits per heavy atom. The summed E-state index contributed by atoms with van der Waals surface area (Å²) in [5, 5.41) is 73.6. The van der Waals surface area contributed by atoms with Gasteiger partial charge in [0, 0.05) is 23.7 Å². The Balaban J connectivity index is 1.40. The molecule has 2 aromatic rings. The zero-order valence-corrected chi connectivity index (χ0v) is 29.0. The summed E-state index contributed by atoms with van der Waals surface area (Å²) in [7, 11) is 0. The summed E-state index contributed by atoms with van der Waals surface area (Å²) in [6.45, 7) is 8.22. The van der Waals surface area contributed by atoms with Gasteiger partial charge in [-0.05, 0) is 42.9 Å². The molecule has 7 N–H and O–H groups in total. The first-order valence-electron chi connectivity index (χ1n) is 17.2. The summed E-state index contributed by atoms with van der Waals surface area (Å²) in [5.41, 5.74) is -4.43.